The molecule has 2 N–H and O–H groups in total. The molecule has 5 heteroatoms. The second-order valence-electron chi connectivity index (χ2n) is 4.66. The van der Waals surface area contributed by atoms with Crippen LogP contribution in [-0.4, -0.2) is 15.9 Å². The number of benzene rings is 1. The topological polar surface area (TPSA) is 66.9 Å². The van der Waals surface area contributed by atoms with Crippen LogP contribution >= 0.6 is 0 Å². The molecule has 0 aliphatic heterocycles. The zero-order chi connectivity index (χ0) is 14.4. The molecule has 5 nitrogen and oxygen atoms in total. The van der Waals surface area contributed by atoms with E-state index in [2.05, 4.69) is 27.5 Å². The van der Waals surface area contributed by atoms with E-state index in [1.165, 1.54) is 13.3 Å². The van der Waals surface area contributed by atoms with Gasteiger partial charge in [-0.15, -0.1) is 0 Å². The van der Waals surface area contributed by atoms with Gasteiger partial charge in [0, 0.05) is 43.2 Å². The predicted molar refractivity (Wildman–Crippen MR) is 78.0 cm³/mol. The molecule has 1 aromatic carbocycles. The smallest absolute Gasteiger partial charge is 0.221 e. The van der Waals surface area contributed by atoms with Crippen LogP contribution in [0.1, 0.15) is 31.0 Å². The van der Waals surface area contributed by atoms with Crippen LogP contribution in [0.25, 0.3) is 0 Å². The van der Waals surface area contributed by atoms with Crippen molar-refractivity contribution in [2.75, 3.05) is 5.32 Å². The highest BCUT2D eigenvalue weighted by molar-refractivity contribution is 5.88. The third kappa shape index (κ3) is 4.13. The summed E-state index contributed by atoms with van der Waals surface area (Å²) in [5.41, 5.74) is 2.97. The Balaban J connectivity index is 1.98. The lowest BCUT2D eigenvalue weighted by molar-refractivity contribution is -0.114. The largest absolute Gasteiger partial charge is 0.326 e. The third-order valence-corrected chi connectivity index (χ3v) is 2.93. The molecule has 104 valence electrons. The van der Waals surface area contributed by atoms with Crippen LogP contribution < -0.4 is 10.6 Å². The van der Waals surface area contributed by atoms with Crippen LogP contribution in [0.15, 0.2) is 43.0 Å². The summed E-state index contributed by atoms with van der Waals surface area (Å²) >= 11 is 0. The maximum Gasteiger partial charge on any atom is 0.221 e. The Kier molecular flexibility index (Phi) is 4.79. The van der Waals surface area contributed by atoms with Gasteiger partial charge in [0.05, 0.1) is 0 Å². The average molecular weight is 270 g/mol. The molecule has 20 heavy (non-hydrogen) atoms. The minimum absolute atomic E-state index is 0.0656. The Morgan fingerprint density at radius 3 is 2.75 bits per heavy atom. The Labute approximate surface area is 118 Å². The molecular weight excluding hydrogens is 252 g/mol. The van der Waals surface area contributed by atoms with Gasteiger partial charge in [-0.25, -0.2) is 9.97 Å². The summed E-state index contributed by atoms with van der Waals surface area (Å²) in [6, 6.07) is 7.99. The second kappa shape index (κ2) is 6.77. The fourth-order valence-corrected chi connectivity index (χ4v) is 1.90. The number of aromatic nitrogens is 2. The Hall–Kier alpha value is -2.27. The molecule has 0 bridgehead atoms. The predicted octanol–water partition coefficient (Wildman–Crippen LogP) is 2.29. The van der Waals surface area contributed by atoms with Crippen LogP contribution in [-0.2, 0) is 11.3 Å². The van der Waals surface area contributed by atoms with Crippen LogP contribution in [0.4, 0.5) is 5.69 Å². The van der Waals surface area contributed by atoms with Crippen LogP contribution in [0.3, 0.4) is 0 Å². The molecule has 0 radical (unpaired) electrons. The number of carbonyl (C=O) groups is 1. The van der Waals surface area contributed by atoms with E-state index in [4.69, 9.17) is 0 Å². The fourth-order valence-electron chi connectivity index (χ4n) is 1.90. The molecule has 1 unspecified atom stereocenters. The molecule has 0 saturated carbocycles. The van der Waals surface area contributed by atoms with E-state index in [0.29, 0.717) is 6.54 Å². The molecule has 0 fully saturated rings. The maximum atomic E-state index is 11.1. The first-order chi connectivity index (χ1) is 9.65. The Morgan fingerprint density at radius 1 is 1.30 bits per heavy atom. The van der Waals surface area contributed by atoms with Crippen LogP contribution in [0, 0.1) is 0 Å². The van der Waals surface area contributed by atoms with Crippen molar-refractivity contribution in [2.24, 2.45) is 0 Å². The first-order valence-corrected chi connectivity index (χ1v) is 6.50. The molecule has 0 aliphatic rings. The molecule has 0 saturated heterocycles. The Morgan fingerprint density at radius 2 is 2.05 bits per heavy atom. The Bertz CT molecular complexity index is 571. The molecule has 1 amide bonds. The average Bonchev–Trinajstić information content (AvgIpc) is 2.45. The van der Waals surface area contributed by atoms with E-state index in [1.807, 2.05) is 24.3 Å². The minimum Gasteiger partial charge on any atom is -0.326 e. The fraction of sp³-hybridized carbons (Fsp3) is 0.267. The lowest BCUT2D eigenvalue weighted by atomic mass is 10.1. The number of anilines is 1. The normalized spacial score (nSPS) is 11.9. The van der Waals surface area contributed by atoms with E-state index in [-0.39, 0.29) is 11.9 Å². The summed E-state index contributed by atoms with van der Waals surface area (Å²) in [6.07, 6.45) is 5.10. The van der Waals surface area contributed by atoms with Crippen molar-refractivity contribution in [3.8, 4) is 0 Å². The molecule has 1 aromatic heterocycles. The summed E-state index contributed by atoms with van der Waals surface area (Å²) in [4.78, 5) is 19.0. The molecule has 2 aromatic rings. The van der Waals surface area contributed by atoms with E-state index >= 15 is 0 Å². The SMILES string of the molecule is CC(=O)Nc1cccc(C(C)NCc2cncnc2)c1. The van der Waals surface area contributed by atoms with Gasteiger partial charge >= 0.3 is 0 Å². The number of nitrogens with one attached hydrogen (secondary N) is 2. The van der Waals surface area contributed by atoms with Gasteiger partial charge in [-0.1, -0.05) is 12.1 Å². The van der Waals surface area contributed by atoms with Gasteiger partial charge in [0.2, 0.25) is 5.91 Å². The van der Waals surface area contributed by atoms with Gasteiger partial charge in [-0.05, 0) is 24.6 Å². The molecular formula is C15H18N4O. The van der Waals surface area contributed by atoms with E-state index in [1.54, 1.807) is 12.4 Å². The number of rotatable bonds is 5. The zero-order valence-corrected chi connectivity index (χ0v) is 11.6. The van der Waals surface area contributed by atoms with Gasteiger partial charge in [0.1, 0.15) is 6.33 Å². The first kappa shape index (κ1) is 14.1. The third-order valence-electron chi connectivity index (χ3n) is 2.93. The van der Waals surface area contributed by atoms with Gasteiger partial charge in [0.15, 0.2) is 0 Å². The zero-order valence-electron chi connectivity index (χ0n) is 11.6. The monoisotopic (exact) mass is 270 g/mol. The second-order valence-corrected chi connectivity index (χ2v) is 4.66. The van der Waals surface area contributed by atoms with E-state index < -0.39 is 0 Å². The van der Waals surface area contributed by atoms with Crippen molar-refractivity contribution in [1.29, 1.82) is 0 Å². The summed E-state index contributed by atoms with van der Waals surface area (Å²) in [5, 5.41) is 6.19. The summed E-state index contributed by atoms with van der Waals surface area (Å²) in [6.45, 7) is 4.28. The highest BCUT2D eigenvalue weighted by atomic mass is 16.1. The van der Waals surface area contributed by atoms with Crippen LogP contribution in [0.5, 0.6) is 0 Å². The van der Waals surface area contributed by atoms with Crippen molar-refractivity contribution in [3.05, 3.63) is 54.1 Å². The standard InChI is InChI=1S/C15H18N4O/c1-11(18-9-13-7-16-10-17-8-13)14-4-3-5-15(6-14)19-12(2)20/h3-8,10-11,18H,9H2,1-2H3,(H,19,20). The van der Waals surface area contributed by atoms with Gasteiger partial charge < -0.3 is 10.6 Å². The minimum atomic E-state index is -0.0656. The summed E-state index contributed by atoms with van der Waals surface area (Å²) in [5.74, 6) is -0.0656. The molecule has 0 spiro atoms. The molecule has 1 atom stereocenters. The van der Waals surface area contributed by atoms with Gasteiger partial charge in [-0.3, -0.25) is 4.79 Å². The number of nitrogens with zero attached hydrogens (tertiary/aromatic N) is 2. The van der Waals surface area contributed by atoms with Crippen molar-refractivity contribution < 1.29 is 4.79 Å². The van der Waals surface area contributed by atoms with Crippen molar-refractivity contribution in [2.45, 2.75) is 26.4 Å². The summed E-state index contributed by atoms with van der Waals surface area (Å²) in [7, 11) is 0. The first-order valence-electron chi connectivity index (χ1n) is 6.50. The van der Waals surface area contributed by atoms with E-state index in [0.717, 1.165) is 16.8 Å². The molecule has 0 aliphatic carbocycles. The van der Waals surface area contributed by atoms with Gasteiger partial charge in [0.25, 0.3) is 0 Å². The number of hydrogen-bond acceptors (Lipinski definition) is 4. The highest BCUT2D eigenvalue weighted by Gasteiger charge is 2.06. The highest BCUT2D eigenvalue weighted by Crippen LogP contribution is 2.17. The number of amides is 1. The van der Waals surface area contributed by atoms with Crippen LogP contribution in [0.2, 0.25) is 0 Å². The quantitative estimate of drug-likeness (QED) is 0.874. The van der Waals surface area contributed by atoms with Crippen molar-refractivity contribution >= 4 is 11.6 Å². The molecule has 1 heterocycles. The lowest BCUT2D eigenvalue weighted by Crippen LogP contribution is -2.18. The number of hydrogen-bond donors (Lipinski definition) is 2. The summed E-state index contributed by atoms with van der Waals surface area (Å²) < 4.78 is 0. The van der Waals surface area contributed by atoms with Gasteiger partial charge in [-0.2, -0.15) is 0 Å². The lowest BCUT2D eigenvalue weighted by Gasteiger charge is -2.15. The van der Waals surface area contributed by atoms with E-state index in [9.17, 15) is 4.79 Å². The number of carbonyl (C=O) groups excluding carboxylic acids is 1. The van der Waals surface area contributed by atoms with Crippen molar-refractivity contribution in [1.82, 2.24) is 15.3 Å². The van der Waals surface area contributed by atoms with Crippen molar-refractivity contribution in [3.63, 3.8) is 0 Å². The maximum absolute atomic E-state index is 11.1. The molecule has 2 rings (SSSR count).